The van der Waals surface area contributed by atoms with E-state index in [0.29, 0.717) is 18.9 Å². The Bertz CT molecular complexity index is 996. The van der Waals surface area contributed by atoms with Crippen molar-refractivity contribution in [3.8, 4) is 0 Å². The highest BCUT2D eigenvalue weighted by molar-refractivity contribution is 6.06. The Kier molecular flexibility index (Phi) is 8.11. The molecule has 32 heavy (non-hydrogen) atoms. The molecular weight excluding hydrogens is 402 g/mol. The summed E-state index contributed by atoms with van der Waals surface area (Å²) in [5.41, 5.74) is 1.71. The molecule has 2 aliphatic rings. The molecule has 0 bridgehead atoms. The quantitative estimate of drug-likeness (QED) is 0.572. The lowest BCUT2D eigenvalue weighted by molar-refractivity contribution is 0.255. The van der Waals surface area contributed by atoms with E-state index in [-0.39, 0.29) is 6.03 Å². The Hall–Kier alpha value is -3.06. The number of para-hydroxylation sites is 1. The molecule has 0 atom stereocenters. The largest absolute Gasteiger partial charge is 0.460 e. The minimum absolute atomic E-state index is 0.0362. The maximum Gasteiger partial charge on any atom is 0.330 e. The van der Waals surface area contributed by atoms with Gasteiger partial charge in [-0.3, -0.25) is 9.80 Å². The number of urea groups is 1. The van der Waals surface area contributed by atoms with Gasteiger partial charge in [0.05, 0.1) is 6.26 Å². The summed E-state index contributed by atoms with van der Waals surface area (Å²) in [6.45, 7) is 13.0. The molecule has 3 aromatic rings. The second kappa shape index (κ2) is 11.0. The number of piperazine rings is 1. The van der Waals surface area contributed by atoms with E-state index in [0.717, 1.165) is 48.7 Å². The van der Waals surface area contributed by atoms with Crippen LogP contribution in [-0.4, -0.2) is 62.2 Å². The van der Waals surface area contributed by atoms with Crippen molar-refractivity contribution in [1.29, 1.82) is 0 Å². The molecule has 2 aliphatic heterocycles. The molecule has 7 heteroatoms. The molecule has 5 rings (SSSR count). The number of pyridine rings is 1. The molecule has 0 aliphatic carbocycles. The van der Waals surface area contributed by atoms with Gasteiger partial charge in [-0.1, -0.05) is 45.9 Å². The fourth-order valence-electron chi connectivity index (χ4n) is 3.91. The van der Waals surface area contributed by atoms with Crippen LogP contribution in [0.25, 0.3) is 11.0 Å². The predicted molar refractivity (Wildman–Crippen MR) is 133 cm³/mol. The number of hydrogen-bond acceptors (Lipinski definition) is 5. The lowest BCUT2D eigenvalue weighted by atomic mass is 10.2. The minimum Gasteiger partial charge on any atom is -0.460 e. The number of amides is 2. The SMILES string of the molecule is CC.CC.CN1CCN(c2nc(N3CCN(c4ccccc4)C3=O)cc3ccoc23)CC1. The van der Waals surface area contributed by atoms with Crippen LogP contribution >= 0.6 is 0 Å². The van der Waals surface area contributed by atoms with Gasteiger partial charge in [-0.15, -0.1) is 0 Å². The maximum atomic E-state index is 13.1. The van der Waals surface area contributed by atoms with Gasteiger partial charge >= 0.3 is 6.03 Å². The highest BCUT2D eigenvalue weighted by Crippen LogP contribution is 2.32. The van der Waals surface area contributed by atoms with E-state index in [1.165, 1.54) is 0 Å². The average molecular weight is 438 g/mol. The summed E-state index contributed by atoms with van der Waals surface area (Å²) in [7, 11) is 2.13. The van der Waals surface area contributed by atoms with Crippen LogP contribution < -0.4 is 14.7 Å². The monoisotopic (exact) mass is 437 g/mol. The molecule has 2 saturated heterocycles. The van der Waals surface area contributed by atoms with E-state index in [1.54, 1.807) is 16.1 Å². The van der Waals surface area contributed by atoms with Crippen molar-refractivity contribution < 1.29 is 9.21 Å². The standard InChI is InChI=1S/C21H23N5O2.2C2H6/c1-23-8-10-24(11-9-23)20-19-16(7-14-28-19)15-18(22-20)26-13-12-25(21(26)27)17-5-3-2-4-6-17;2*1-2/h2-7,14-15H,8-13H2,1H3;2*1-2H3. The number of benzene rings is 1. The normalized spacial score (nSPS) is 16.5. The molecule has 172 valence electrons. The topological polar surface area (TPSA) is 56.1 Å². The summed E-state index contributed by atoms with van der Waals surface area (Å²) in [4.78, 5) is 26.1. The van der Waals surface area contributed by atoms with Crippen molar-refractivity contribution in [3.63, 3.8) is 0 Å². The summed E-state index contributed by atoms with van der Waals surface area (Å²) in [6.07, 6.45) is 1.69. The second-order valence-corrected chi connectivity index (χ2v) is 7.35. The van der Waals surface area contributed by atoms with E-state index in [2.05, 4.69) is 16.8 Å². The van der Waals surface area contributed by atoms with E-state index < -0.39 is 0 Å². The lowest BCUT2D eigenvalue weighted by Gasteiger charge is -2.33. The molecule has 0 N–H and O–H groups in total. The first-order valence-corrected chi connectivity index (χ1v) is 11.7. The molecule has 1 aromatic carbocycles. The zero-order chi connectivity index (χ0) is 23.1. The number of likely N-dealkylation sites (N-methyl/N-ethyl adjacent to an activating group) is 1. The van der Waals surface area contributed by atoms with E-state index >= 15 is 0 Å². The van der Waals surface area contributed by atoms with Crippen LogP contribution in [0.4, 0.5) is 22.1 Å². The number of anilines is 3. The molecule has 7 nitrogen and oxygen atoms in total. The number of carbonyl (C=O) groups is 1. The van der Waals surface area contributed by atoms with Gasteiger partial charge in [0.2, 0.25) is 0 Å². The van der Waals surface area contributed by atoms with Gasteiger partial charge < -0.3 is 14.2 Å². The number of nitrogens with zero attached hydrogens (tertiary/aromatic N) is 5. The molecule has 0 spiro atoms. The van der Waals surface area contributed by atoms with Crippen molar-refractivity contribution in [2.24, 2.45) is 0 Å². The smallest absolute Gasteiger partial charge is 0.330 e. The summed E-state index contributed by atoms with van der Waals surface area (Å²) < 4.78 is 5.73. The maximum absolute atomic E-state index is 13.1. The van der Waals surface area contributed by atoms with Crippen molar-refractivity contribution in [3.05, 3.63) is 48.7 Å². The van der Waals surface area contributed by atoms with Gasteiger partial charge in [0.1, 0.15) is 5.82 Å². The first-order valence-electron chi connectivity index (χ1n) is 11.7. The van der Waals surface area contributed by atoms with Gasteiger partial charge in [-0.25, -0.2) is 9.78 Å². The lowest BCUT2D eigenvalue weighted by Crippen LogP contribution is -2.45. The third-order valence-electron chi connectivity index (χ3n) is 5.56. The molecule has 2 amide bonds. The minimum atomic E-state index is -0.0362. The fraction of sp³-hybridized carbons (Fsp3) is 0.440. The molecular formula is C25H35N5O2. The van der Waals surface area contributed by atoms with Crippen molar-refractivity contribution >= 4 is 34.3 Å². The third-order valence-corrected chi connectivity index (χ3v) is 5.56. The van der Waals surface area contributed by atoms with Gasteiger partial charge in [-0.05, 0) is 31.3 Å². The number of fused-ring (bicyclic) bond motifs is 1. The molecule has 2 aromatic heterocycles. The Balaban J connectivity index is 0.000000686. The van der Waals surface area contributed by atoms with Crippen molar-refractivity contribution in [2.75, 3.05) is 61.0 Å². The third kappa shape index (κ3) is 4.72. The number of carbonyl (C=O) groups excluding carboxylic acids is 1. The zero-order valence-corrected chi connectivity index (χ0v) is 19.9. The highest BCUT2D eigenvalue weighted by Gasteiger charge is 2.32. The van der Waals surface area contributed by atoms with Crippen LogP contribution in [0.2, 0.25) is 0 Å². The predicted octanol–water partition coefficient (Wildman–Crippen LogP) is 5.08. The molecule has 0 radical (unpaired) electrons. The van der Waals surface area contributed by atoms with Crippen LogP contribution in [0.1, 0.15) is 27.7 Å². The fourth-order valence-corrected chi connectivity index (χ4v) is 3.91. The Morgan fingerprint density at radius 3 is 2.19 bits per heavy atom. The van der Waals surface area contributed by atoms with Crippen molar-refractivity contribution in [2.45, 2.75) is 27.7 Å². The van der Waals surface area contributed by atoms with Gasteiger partial charge in [0.15, 0.2) is 11.4 Å². The Morgan fingerprint density at radius 1 is 0.844 bits per heavy atom. The average Bonchev–Trinajstić information content (AvgIpc) is 3.48. The zero-order valence-electron chi connectivity index (χ0n) is 19.9. The summed E-state index contributed by atoms with van der Waals surface area (Å²) in [5.74, 6) is 1.52. The number of hydrogen-bond donors (Lipinski definition) is 0. The van der Waals surface area contributed by atoms with Crippen LogP contribution in [0.3, 0.4) is 0 Å². The van der Waals surface area contributed by atoms with E-state index in [1.807, 2.05) is 70.2 Å². The molecule has 0 unspecified atom stereocenters. The molecule has 0 saturated carbocycles. The van der Waals surface area contributed by atoms with Crippen LogP contribution in [0.5, 0.6) is 0 Å². The summed E-state index contributed by atoms with van der Waals surface area (Å²) in [6, 6.07) is 13.6. The first kappa shape index (κ1) is 23.6. The summed E-state index contributed by atoms with van der Waals surface area (Å²) in [5, 5.41) is 0.977. The van der Waals surface area contributed by atoms with E-state index in [4.69, 9.17) is 9.40 Å². The number of rotatable bonds is 3. The van der Waals surface area contributed by atoms with Crippen LogP contribution in [-0.2, 0) is 0 Å². The second-order valence-electron chi connectivity index (χ2n) is 7.35. The summed E-state index contributed by atoms with van der Waals surface area (Å²) >= 11 is 0. The van der Waals surface area contributed by atoms with Crippen LogP contribution in [0.15, 0.2) is 53.1 Å². The first-order chi connectivity index (χ1) is 15.7. The molecule has 2 fully saturated rings. The van der Waals surface area contributed by atoms with Gasteiger partial charge in [0, 0.05) is 50.3 Å². The molecule has 4 heterocycles. The van der Waals surface area contributed by atoms with E-state index in [9.17, 15) is 4.79 Å². The Labute approximate surface area is 191 Å². The van der Waals surface area contributed by atoms with Crippen LogP contribution in [0, 0.1) is 0 Å². The highest BCUT2D eigenvalue weighted by atomic mass is 16.3. The number of furan rings is 1. The van der Waals surface area contributed by atoms with Crippen molar-refractivity contribution in [1.82, 2.24) is 9.88 Å². The van der Waals surface area contributed by atoms with Gasteiger partial charge in [-0.2, -0.15) is 0 Å². The van der Waals surface area contributed by atoms with Gasteiger partial charge in [0.25, 0.3) is 0 Å². The number of aromatic nitrogens is 1. The Morgan fingerprint density at radius 2 is 1.50 bits per heavy atom.